The van der Waals surface area contributed by atoms with Crippen molar-refractivity contribution in [3.63, 3.8) is 0 Å². The molecule has 0 aliphatic carbocycles. The van der Waals surface area contributed by atoms with Crippen molar-refractivity contribution in [2.45, 2.75) is 13.8 Å². The Bertz CT molecular complexity index is 1230. The monoisotopic (exact) mass is 499 g/mol. The maximum Gasteiger partial charge on any atom is 0.260 e. The fourth-order valence-corrected chi connectivity index (χ4v) is 4.56. The van der Waals surface area contributed by atoms with E-state index in [9.17, 15) is 9.18 Å². The standard InChI is InChI=1S/C26H26FN3O2S.ClH/c1-3-29(4-2)16-17-30(26-28-24-22(27)14-9-15-23(24)33-26)25(31)19-10-8-13-21(18-19)32-20-11-6-5-7-12-20;/h5-15,18H,3-4,16-17H2,1-2H3;1H. The van der Waals surface area contributed by atoms with Gasteiger partial charge in [0.25, 0.3) is 5.91 Å². The van der Waals surface area contributed by atoms with Gasteiger partial charge in [0.2, 0.25) is 0 Å². The lowest BCUT2D eigenvalue weighted by atomic mass is 10.2. The van der Waals surface area contributed by atoms with Crippen molar-refractivity contribution < 1.29 is 13.9 Å². The fourth-order valence-electron chi connectivity index (χ4n) is 3.56. The molecule has 0 N–H and O–H groups in total. The summed E-state index contributed by atoms with van der Waals surface area (Å²) in [6.07, 6.45) is 0. The Kier molecular flexibility index (Phi) is 8.98. The molecule has 5 nitrogen and oxygen atoms in total. The molecule has 0 unspecified atom stereocenters. The van der Waals surface area contributed by atoms with Crippen LogP contribution in [0.3, 0.4) is 0 Å². The molecule has 8 heteroatoms. The van der Waals surface area contributed by atoms with Crippen LogP contribution in [0.1, 0.15) is 24.2 Å². The van der Waals surface area contributed by atoms with E-state index in [0.717, 1.165) is 13.1 Å². The second-order valence-corrected chi connectivity index (χ2v) is 8.52. The minimum Gasteiger partial charge on any atom is -0.457 e. The molecule has 0 atom stereocenters. The second kappa shape index (κ2) is 11.9. The highest BCUT2D eigenvalue weighted by atomic mass is 35.5. The first-order chi connectivity index (χ1) is 16.1. The molecular weight excluding hydrogens is 473 g/mol. The summed E-state index contributed by atoms with van der Waals surface area (Å²) in [5.74, 6) is 0.692. The zero-order chi connectivity index (χ0) is 23.2. The topological polar surface area (TPSA) is 45.7 Å². The van der Waals surface area contributed by atoms with Gasteiger partial charge in [-0.05, 0) is 55.6 Å². The van der Waals surface area contributed by atoms with Gasteiger partial charge in [-0.2, -0.15) is 0 Å². The number of hydrogen-bond acceptors (Lipinski definition) is 5. The van der Waals surface area contributed by atoms with Crippen LogP contribution in [0, 0.1) is 5.82 Å². The molecule has 1 amide bonds. The lowest BCUT2D eigenvalue weighted by Gasteiger charge is -2.25. The molecule has 4 rings (SSSR count). The number of aromatic nitrogens is 1. The first-order valence-corrected chi connectivity index (χ1v) is 11.8. The normalized spacial score (nSPS) is 10.8. The van der Waals surface area contributed by atoms with E-state index in [4.69, 9.17) is 4.74 Å². The number of hydrogen-bond donors (Lipinski definition) is 0. The summed E-state index contributed by atoms with van der Waals surface area (Å²) in [7, 11) is 0. The molecule has 4 aromatic rings. The van der Waals surface area contributed by atoms with Crippen molar-refractivity contribution >= 4 is 45.0 Å². The number of ether oxygens (including phenoxy) is 1. The van der Waals surface area contributed by atoms with Crippen molar-refractivity contribution in [1.82, 2.24) is 9.88 Å². The number of amides is 1. The third kappa shape index (κ3) is 5.91. The smallest absolute Gasteiger partial charge is 0.260 e. The molecule has 0 bridgehead atoms. The van der Waals surface area contributed by atoms with Gasteiger partial charge < -0.3 is 9.64 Å². The number of nitrogens with zero attached hydrogens (tertiary/aromatic N) is 3. The molecule has 0 aliphatic rings. The van der Waals surface area contributed by atoms with Crippen molar-refractivity contribution in [3.05, 3.63) is 84.2 Å². The number of likely N-dealkylation sites (N-methyl/N-ethyl adjacent to an activating group) is 1. The van der Waals surface area contributed by atoms with Crippen LogP contribution in [0.4, 0.5) is 9.52 Å². The van der Waals surface area contributed by atoms with Gasteiger partial charge in [0, 0.05) is 18.7 Å². The van der Waals surface area contributed by atoms with E-state index in [1.165, 1.54) is 17.4 Å². The fraction of sp³-hybridized carbons (Fsp3) is 0.231. The average Bonchev–Trinajstić information content (AvgIpc) is 3.28. The van der Waals surface area contributed by atoms with Gasteiger partial charge in [-0.25, -0.2) is 9.37 Å². The number of halogens is 2. The van der Waals surface area contributed by atoms with Crippen LogP contribution in [0.25, 0.3) is 10.2 Å². The molecule has 0 spiro atoms. The predicted octanol–water partition coefficient (Wildman–Crippen LogP) is 6.64. The molecule has 0 aliphatic heterocycles. The molecule has 3 aromatic carbocycles. The highest BCUT2D eigenvalue weighted by Gasteiger charge is 2.23. The summed E-state index contributed by atoms with van der Waals surface area (Å²) in [6, 6.07) is 21.4. The highest BCUT2D eigenvalue weighted by Crippen LogP contribution is 2.31. The van der Waals surface area contributed by atoms with Crippen LogP contribution in [0.5, 0.6) is 11.5 Å². The third-order valence-corrected chi connectivity index (χ3v) is 6.47. The van der Waals surface area contributed by atoms with Gasteiger partial charge in [0.15, 0.2) is 5.13 Å². The first-order valence-electron chi connectivity index (χ1n) is 11.0. The third-order valence-electron chi connectivity index (χ3n) is 5.43. The van der Waals surface area contributed by atoms with Crippen LogP contribution in [0.2, 0.25) is 0 Å². The van der Waals surface area contributed by atoms with Crippen LogP contribution < -0.4 is 9.64 Å². The summed E-state index contributed by atoms with van der Waals surface area (Å²) in [5.41, 5.74) is 0.780. The SMILES string of the molecule is CCN(CC)CCN(C(=O)c1cccc(Oc2ccccc2)c1)c1nc2c(F)cccc2s1.Cl. The van der Waals surface area contributed by atoms with Crippen LogP contribution in [-0.2, 0) is 0 Å². The van der Waals surface area contributed by atoms with E-state index in [1.807, 2.05) is 42.5 Å². The maximum atomic E-state index is 14.3. The summed E-state index contributed by atoms with van der Waals surface area (Å²) in [5, 5.41) is 0.488. The van der Waals surface area contributed by atoms with Crippen LogP contribution >= 0.6 is 23.7 Å². The lowest BCUT2D eigenvalue weighted by Crippen LogP contribution is -2.38. The van der Waals surface area contributed by atoms with Gasteiger partial charge >= 0.3 is 0 Å². The Labute approximate surface area is 209 Å². The van der Waals surface area contributed by atoms with E-state index in [-0.39, 0.29) is 24.1 Å². The molecular formula is C26H27ClFN3O2S. The van der Waals surface area contributed by atoms with Gasteiger partial charge in [0.1, 0.15) is 22.8 Å². The molecule has 1 aromatic heterocycles. The van der Waals surface area contributed by atoms with Crippen LogP contribution in [0.15, 0.2) is 72.8 Å². The maximum absolute atomic E-state index is 14.3. The highest BCUT2D eigenvalue weighted by molar-refractivity contribution is 7.22. The summed E-state index contributed by atoms with van der Waals surface area (Å²) in [6.45, 7) is 7.09. The second-order valence-electron chi connectivity index (χ2n) is 7.51. The van der Waals surface area contributed by atoms with E-state index in [0.29, 0.717) is 45.5 Å². The lowest BCUT2D eigenvalue weighted by molar-refractivity contribution is 0.0983. The summed E-state index contributed by atoms with van der Waals surface area (Å²) in [4.78, 5) is 22.0. The Balaban J connectivity index is 0.00000324. The number of para-hydroxylation sites is 2. The molecule has 0 saturated heterocycles. The number of rotatable bonds is 9. The average molecular weight is 500 g/mol. The first kappa shape index (κ1) is 25.6. The molecule has 34 heavy (non-hydrogen) atoms. The Morgan fingerprint density at radius 1 is 0.941 bits per heavy atom. The Hall–Kier alpha value is -3.00. The number of anilines is 1. The zero-order valence-electron chi connectivity index (χ0n) is 19.1. The molecule has 0 radical (unpaired) electrons. The van der Waals surface area contributed by atoms with E-state index in [1.54, 1.807) is 29.2 Å². The molecule has 0 saturated carbocycles. The largest absolute Gasteiger partial charge is 0.457 e. The van der Waals surface area contributed by atoms with E-state index < -0.39 is 0 Å². The Morgan fingerprint density at radius 2 is 1.65 bits per heavy atom. The van der Waals surface area contributed by atoms with Gasteiger partial charge in [-0.15, -0.1) is 12.4 Å². The van der Waals surface area contributed by atoms with Crippen LogP contribution in [-0.4, -0.2) is 42.0 Å². The minimum atomic E-state index is -0.385. The van der Waals surface area contributed by atoms with Gasteiger partial charge in [-0.1, -0.05) is 55.5 Å². The quantitative estimate of drug-likeness (QED) is 0.259. The number of thiazole rings is 1. The molecule has 0 fully saturated rings. The molecule has 1 heterocycles. The van der Waals surface area contributed by atoms with E-state index >= 15 is 0 Å². The number of fused-ring (bicyclic) bond motifs is 1. The van der Waals surface area contributed by atoms with Crippen molar-refractivity contribution in [3.8, 4) is 11.5 Å². The van der Waals surface area contributed by atoms with Gasteiger partial charge in [0.05, 0.1) is 4.70 Å². The number of carbonyl (C=O) groups is 1. The zero-order valence-corrected chi connectivity index (χ0v) is 20.7. The van der Waals surface area contributed by atoms with Gasteiger partial charge in [-0.3, -0.25) is 9.69 Å². The summed E-state index contributed by atoms with van der Waals surface area (Å²) < 4.78 is 20.9. The Morgan fingerprint density at radius 3 is 2.35 bits per heavy atom. The van der Waals surface area contributed by atoms with Crippen molar-refractivity contribution in [2.75, 3.05) is 31.1 Å². The van der Waals surface area contributed by atoms with Crippen molar-refractivity contribution in [1.29, 1.82) is 0 Å². The van der Waals surface area contributed by atoms with Crippen molar-refractivity contribution in [2.24, 2.45) is 0 Å². The number of benzene rings is 3. The predicted molar refractivity (Wildman–Crippen MR) is 139 cm³/mol. The minimum absolute atomic E-state index is 0. The molecule has 178 valence electrons. The summed E-state index contributed by atoms with van der Waals surface area (Å²) >= 11 is 1.32. The van der Waals surface area contributed by atoms with E-state index in [2.05, 4.69) is 23.7 Å². The number of carbonyl (C=O) groups excluding carboxylic acids is 1.